The third-order valence-electron chi connectivity index (χ3n) is 6.40. The zero-order valence-corrected chi connectivity index (χ0v) is 29.5. The lowest BCUT2D eigenvalue weighted by molar-refractivity contribution is -0.162. The van der Waals surface area contributed by atoms with Crippen LogP contribution in [0.15, 0.2) is 18.2 Å². The van der Waals surface area contributed by atoms with Gasteiger partial charge in [-0.25, -0.2) is 9.78 Å². The zero-order valence-electron chi connectivity index (χ0n) is 27.4. The van der Waals surface area contributed by atoms with Crippen molar-refractivity contribution in [1.29, 1.82) is 0 Å². The minimum absolute atomic E-state index is 0.0663. The largest absolute Gasteiger partial charge is 0.481 e. The summed E-state index contributed by atoms with van der Waals surface area (Å²) in [5.41, 5.74) is -0.483. The first-order valence-corrected chi connectivity index (χ1v) is 16.0. The maximum absolute atomic E-state index is 13.3. The average Bonchev–Trinajstić information content (AvgIpc) is 2.92. The second kappa shape index (κ2) is 16.3. The van der Waals surface area contributed by atoms with E-state index in [1.54, 1.807) is 46.8 Å². The van der Waals surface area contributed by atoms with E-state index in [-0.39, 0.29) is 31.0 Å². The van der Waals surface area contributed by atoms with E-state index in [1.807, 2.05) is 59.2 Å². The maximum atomic E-state index is 13.3. The molecule has 13 heteroatoms. The lowest BCUT2D eigenvalue weighted by atomic mass is 10.1. The lowest BCUT2D eigenvalue weighted by Crippen LogP contribution is -2.49. The maximum Gasteiger partial charge on any atom is 0.358 e. The summed E-state index contributed by atoms with van der Waals surface area (Å²) in [4.78, 5) is 60.8. The standard InChI is InChI=1S/C31H49IN4O8/c1-29(2,3)42-26(39)21-35-15-14-34(20-22-10-9-11-23(33-22)27(40)44-31(7,8)32)16-18-36(19-17-35)24(12-13-25(37)38)28(41)43-30(4,5)6/h9-11,24H,12-21H2,1-8H3,(H,37,38). The number of carbonyl (C=O) groups excluding carboxylic acids is 3. The normalized spacial score (nSPS) is 17.1. The van der Waals surface area contributed by atoms with Gasteiger partial charge in [0.2, 0.25) is 0 Å². The molecule has 0 amide bonds. The van der Waals surface area contributed by atoms with E-state index in [1.165, 1.54) is 0 Å². The Labute approximate surface area is 274 Å². The number of aliphatic carboxylic acids is 1. The highest BCUT2D eigenvalue weighted by molar-refractivity contribution is 14.1. The highest BCUT2D eigenvalue weighted by atomic mass is 127. The number of aromatic nitrogens is 1. The van der Waals surface area contributed by atoms with Gasteiger partial charge < -0.3 is 19.3 Å². The molecule has 1 N–H and O–H groups in total. The summed E-state index contributed by atoms with van der Waals surface area (Å²) in [5, 5.41) is 9.41. The molecule has 12 nitrogen and oxygen atoms in total. The van der Waals surface area contributed by atoms with Gasteiger partial charge >= 0.3 is 23.9 Å². The average molecular weight is 733 g/mol. The number of ether oxygens (including phenoxy) is 3. The van der Waals surface area contributed by atoms with Gasteiger partial charge in [0, 0.05) is 52.2 Å². The summed E-state index contributed by atoms with van der Waals surface area (Å²) in [6, 6.07) is 4.44. The summed E-state index contributed by atoms with van der Waals surface area (Å²) in [7, 11) is 0. The van der Waals surface area contributed by atoms with Crippen molar-refractivity contribution in [3.8, 4) is 0 Å². The number of carbonyl (C=O) groups is 4. The first kappa shape index (κ1) is 37.8. The molecule has 0 radical (unpaired) electrons. The van der Waals surface area contributed by atoms with Crippen molar-refractivity contribution in [3.05, 3.63) is 29.6 Å². The number of carboxylic acid groups (broad SMARTS) is 1. The predicted octanol–water partition coefficient (Wildman–Crippen LogP) is 3.75. The van der Waals surface area contributed by atoms with Crippen molar-refractivity contribution >= 4 is 46.5 Å². The fraction of sp³-hybridized carbons (Fsp3) is 0.710. The third-order valence-corrected chi connectivity index (χ3v) is 6.62. The lowest BCUT2D eigenvalue weighted by Gasteiger charge is -2.33. The fourth-order valence-electron chi connectivity index (χ4n) is 4.60. The Morgan fingerprint density at radius 2 is 1.43 bits per heavy atom. The molecule has 1 saturated heterocycles. The SMILES string of the molecule is CC(C)(C)OC(=O)CN1CCN(Cc2cccc(C(=O)OC(C)(C)I)n2)CCN(C(CCC(=O)O)C(=O)OC(C)(C)C)CC1. The van der Waals surface area contributed by atoms with Crippen LogP contribution >= 0.6 is 22.6 Å². The molecule has 44 heavy (non-hydrogen) atoms. The molecule has 1 unspecified atom stereocenters. The number of rotatable bonds is 11. The summed E-state index contributed by atoms with van der Waals surface area (Å²) < 4.78 is 16.1. The van der Waals surface area contributed by atoms with Crippen LogP contribution in [0.5, 0.6) is 0 Å². The van der Waals surface area contributed by atoms with Crippen LogP contribution in [-0.4, -0.2) is 115 Å². The molecular weight excluding hydrogens is 683 g/mol. The van der Waals surface area contributed by atoms with Crippen LogP contribution in [0.25, 0.3) is 0 Å². The van der Waals surface area contributed by atoms with Crippen LogP contribution in [0.1, 0.15) is 84.4 Å². The van der Waals surface area contributed by atoms with Gasteiger partial charge in [0.05, 0.1) is 12.2 Å². The predicted molar refractivity (Wildman–Crippen MR) is 173 cm³/mol. The van der Waals surface area contributed by atoms with Gasteiger partial charge in [0.1, 0.15) is 22.9 Å². The first-order chi connectivity index (χ1) is 20.2. The van der Waals surface area contributed by atoms with Crippen molar-refractivity contribution in [1.82, 2.24) is 19.7 Å². The quantitative estimate of drug-likeness (QED) is 0.154. The highest BCUT2D eigenvalue weighted by Crippen LogP contribution is 2.21. The molecule has 1 aromatic rings. The Bertz CT molecular complexity index is 1140. The molecular formula is C31H49IN4O8. The topological polar surface area (TPSA) is 139 Å². The van der Waals surface area contributed by atoms with Crippen LogP contribution in [0.2, 0.25) is 0 Å². The van der Waals surface area contributed by atoms with Gasteiger partial charge in [-0.15, -0.1) is 0 Å². The number of esters is 3. The number of alkyl halides is 1. The van der Waals surface area contributed by atoms with Crippen molar-refractivity contribution in [2.24, 2.45) is 0 Å². The van der Waals surface area contributed by atoms with E-state index < -0.39 is 38.8 Å². The van der Waals surface area contributed by atoms with Crippen molar-refractivity contribution in [3.63, 3.8) is 0 Å². The van der Waals surface area contributed by atoms with Crippen LogP contribution < -0.4 is 0 Å². The molecule has 1 atom stereocenters. The van der Waals surface area contributed by atoms with E-state index >= 15 is 0 Å². The van der Waals surface area contributed by atoms with E-state index in [0.29, 0.717) is 51.5 Å². The molecule has 0 aromatic carbocycles. The molecule has 0 saturated carbocycles. The Balaban J connectivity index is 2.34. The van der Waals surface area contributed by atoms with Crippen LogP contribution in [0, 0.1) is 0 Å². The smallest absolute Gasteiger partial charge is 0.358 e. The molecule has 1 aliphatic heterocycles. The van der Waals surface area contributed by atoms with Gasteiger partial charge in [-0.1, -0.05) is 6.07 Å². The van der Waals surface area contributed by atoms with E-state index in [9.17, 15) is 24.3 Å². The number of halogens is 1. The minimum Gasteiger partial charge on any atom is -0.481 e. The van der Waals surface area contributed by atoms with Gasteiger partial charge in [-0.05, 0) is 96.5 Å². The molecule has 1 aliphatic rings. The summed E-state index contributed by atoms with van der Waals surface area (Å²) in [5.74, 6) is -2.33. The molecule has 0 bridgehead atoms. The summed E-state index contributed by atoms with van der Waals surface area (Å²) in [6.45, 7) is 17.8. The van der Waals surface area contributed by atoms with Gasteiger partial charge in [0.25, 0.3) is 0 Å². The van der Waals surface area contributed by atoms with Crippen molar-refractivity contribution in [2.45, 2.75) is 95.6 Å². The van der Waals surface area contributed by atoms with Crippen LogP contribution in [0.3, 0.4) is 0 Å². The van der Waals surface area contributed by atoms with E-state index in [0.717, 1.165) is 0 Å². The molecule has 2 heterocycles. The summed E-state index contributed by atoms with van der Waals surface area (Å²) in [6.07, 6.45) is -0.0955. The van der Waals surface area contributed by atoms with Crippen molar-refractivity contribution in [2.75, 3.05) is 45.8 Å². The second-order valence-electron chi connectivity index (χ2n) is 13.4. The third kappa shape index (κ3) is 15.1. The zero-order chi connectivity index (χ0) is 33.3. The molecule has 1 aromatic heterocycles. The minimum atomic E-state index is -0.994. The molecule has 248 valence electrons. The van der Waals surface area contributed by atoms with Gasteiger partial charge in [0.15, 0.2) is 3.61 Å². The Morgan fingerprint density at radius 3 is 2.00 bits per heavy atom. The van der Waals surface area contributed by atoms with Crippen LogP contribution in [0.4, 0.5) is 0 Å². The van der Waals surface area contributed by atoms with Crippen LogP contribution in [-0.2, 0) is 35.1 Å². The Kier molecular flexibility index (Phi) is 14.0. The Hall–Kier alpha value is -2.36. The number of pyridine rings is 1. The first-order valence-electron chi connectivity index (χ1n) is 14.9. The van der Waals surface area contributed by atoms with Gasteiger partial charge in [-0.3, -0.25) is 29.1 Å². The van der Waals surface area contributed by atoms with E-state index in [4.69, 9.17) is 14.2 Å². The Morgan fingerprint density at radius 1 is 0.864 bits per heavy atom. The number of hydrogen-bond acceptors (Lipinski definition) is 11. The monoisotopic (exact) mass is 732 g/mol. The number of carboxylic acids is 1. The highest BCUT2D eigenvalue weighted by Gasteiger charge is 2.32. The van der Waals surface area contributed by atoms with Crippen molar-refractivity contribution < 1.29 is 38.5 Å². The van der Waals surface area contributed by atoms with E-state index in [2.05, 4.69) is 9.88 Å². The fourth-order valence-corrected chi connectivity index (χ4v) is 4.80. The molecule has 1 fully saturated rings. The number of hydrogen-bond donors (Lipinski definition) is 1. The molecule has 2 rings (SSSR count). The second-order valence-corrected chi connectivity index (χ2v) is 16.0. The molecule has 0 aliphatic carbocycles. The van der Waals surface area contributed by atoms with Gasteiger partial charge in [-0.2, -0.15) is 0 Å². The summed E-state index contributed by atoms with van der Waals surface area (Å²) >= 11 is 2.04. The molecule has 0 spiro atoms. The number of nitrogens with zero attached hydrogens (tertiary/aromatic N) is 4.